The van der Waals surface area contributed by atoms with Crippen LogP contribution in [0, 0.1) is 5.92 Å². The number of rotatable bonds is 11. The molecule has 1 N–H and O–H groups in total. The lowest BCUT2D eigenvalue weighted by molar-refractivity contribution is -0.156. The lowest BCUT2D eigenvalue weighted by Gasteiger charge is -2.26. The number of nitrogens with zero attached hydrogens (tertiary/aromatic N) is 3. The highest BCUT2D eigenvalue weighted by atomic mass is 16.5. The van der Waals surface area contributed by atoms with Gasteiger partial charge in [-0.1, -0.05) is 19.6 Å². The van der Waals surface area contributed by atoms with Crippen LogP contribution in [0.15, 0.2) is 48.3 Å². The molecule has 7 heteroatoms. The number of carbonyl (C=O) groups is 1. The second kappa shape index (κ2) is 11.9. The molecule has 0 saturated carbocycles. The number of ether oxygens (including phenoxy) is 2. The molecule has 3 rings (SSSR count). The number of hydrogen-bond acceptors (Lipinski definition) is 6. The molecule has 0 spiro atoms. The number of aryl methyl sites for hydroxylation is 1. The number of esters is 1. The summed E-state index contributed by atoms with van der Waals surface area (Å²) in [5.41, 5.74) is 6.11. The van der Waals surface area contributed by atoms with Gasteiger partial charge >= 0.3 is 5.97 Å². The number of likely N-dealkylation sites (N-methyl/N-ethyl adjacent to an activating group) is 1. The second-order valence-corrected chi connectivity index (χ2v) is 9.99. The van der Waals surface area contributed by atoms with Crippen molar-refractivity contribution in [3.63, 3.8) is 0 Å². The third-order valence-electron chi connectivity index (χ3n) is 6.77. The summed E-state index contributed by atoms with van der Waals surface area (Å²) in [5, 5.41) is 10.2. The van der Waals surface area contributed by atoms with E-state index >= 15 is 0 Å². The van der Waals surface area contributed by atoms with Crippen molar-refractivity contribution in [2.75, 3.05) is 20.8 Å². The Morgan fingerprint density at radius 1 is 1.25 bits per heavy atom. The van der Waals surface area contributed by atoms with Gasteiger partial charge in [-0.05, 0) is 76.3 Å². The van der Waals surface area contributed by atoms with Crippen molar-refractivity contribution in [3.05, 3.63) is 59.7 Å². The van der Waals surface area contributed by atoms with Crippen molar-refractivity contribution in [1.29, 1.82) is 0 Å². The third kappa shape index (κ3) is 6.08. The zero-order chi connectivity index (χ0) is 26.6. The zero-order valence-corrected chi connectivity index (χ0v) is 22.7. The van der Waals surface area contributed by atoms with Crippen molar-refractivity contribution < 1.29 is 19.4 Å². The van der Waals surface area contributed by atoms with E-state index in [0.29, 0.717) is 19.4 Å². The van der Waals surface area contributed by atoms with Gasteiger partial charge in [0.15, 0.2) is 0 Å². The van der Waals surface area contributed by atoms with Gasteiger partial charge in [0, 0.05) is 31.6 Å². The van der Waals surface area contributed by atoms with Crippen LogP contribution in [0.4, 0.5) is 0 Å². The number of aliphatic hydroxyl groups excluding tert-OH is 1. The van der Waals surface area contributed by atoms with E-state index in [9.17, 15) is 9.90 Å². The molecule has 1 aromatic heterocycles. The highest BCUT2D eigenvalue weighted by molar-refractivity contribution is 5.84. The maximum absolute atomic E-state index is 12.5. The Bertz CT molecular complexity index is 1160. The van der Waals surface area contributed by atoms with Crippen LogP contribution in [0.2, 0.25) is 0 Å². The maximum atomic E-state index is 12.5. The predicted molar refractivity (Wildman–Crippen MR) is 144 cm³/mol. The molecule has 0 saturated heterocycles. The van der Waals surface area contributed by atoms with E-state index in [-0.39, 0.29) is 18.1 Å². The van der Waals surface area contributed by atoms with Crippen LogP contribution in [0.3, 0.4) is 0 Å². The largest absolute Gasteiger partial charge is 0.463 e. The fraction of sp³-hybridized carbons (Fsp3) is 0.517. The molecule has 1 aliphatic heterocycles. The standard InChI is InChI=1S/C29H41N3O4/c1-9-24(17-35-8)32-27-13-11-22(10-12-25(21(6)33)29(34)36-18(2)3)15-26(27)30-28(32)23-14-19(4)20(5)31(7)16-23/h11,13-16,18,21,24-25,33H,5,9-10,12,17H2,1-4,6-8H3/t21-,24?,25+/m1/s1. The molecule has 7 nitrogen and oxygen atoms in total. The number of allylic oxidation sites excluding steroid dienone is 3. The Kier molecular flexibility index (Phi) is 9.14. The van der Waals surface area contributed by atoms with Crippen LogP contribution in [0.1, 0.15) is 64.9 Å². The van der Waals surface area contributed by atoms with E-state index in [1.165, 1.54) is 0 Å². The first-order valence-electron chi connectivity index (χ1n) is 12.8. The van der Waals surface area contributed by atoms with E-state index in [1.54, 1.807) is 14.0 Å². The van der Waals surface area contributed by atoms with Gasteiger partial charge in [0.1, 0.15) is 5.82 Å². The fourth-order valence-corrected chi connectivity index (χ4v) is 4.68. The molecule has 0 radical (unpaired) electrons. The average molecular weight is 496 g/mol. The summed E-state index contributed by atoms with van der Waals surface area (Å²) in [6.45, 7) is 14.2. The van der Waals surface area contributed by atoms with Gasteiger partial charge < -0.3 is 24.0 Å². The zero-order valence-electron chi connectivity index (χ0n) is 22.7. The van der Waals surface area contributed by atoms with Crippen molar-refractivity contribution in [1.82, 2.24) is 14.5 Å². The van der Waals surface area contributed by atoms with Crippen molar-refractivity contribution in [3.8, 4) is 0 Å². The lowest BCUT2D eigenvalue weighted by atomic mass is 9.95. The van der Waals surface area contributed by atoms with Crippen LogP contribution in [0.5, 0.6) is 0 Å². The molecule has 0 bridgehead atoms. The van der Waals surface area contributed by atoms with E-state index in [1.807, 2.05) is 25.8 Å². The number of benzene rings is 1. The Labute approximate surface area is 215 Å². The van der Waals surface area contributed by atoms with Gasteiger partial charge in [-0.3, -0.25) is 4.79 Å². The maximum Gasteiger partial charge on any atom is 0.311 e. The van der Waals surface area contributed by atoms with Gasteiger partial charge in [-0.25, -0.2) is 4.98 Å². The predicted octanol–water partition coefficient (Wildman–Crippen LogP) is 5.26. The molecule has 1 aromatic carbocycles. The Morgan fingerprint density at radius 3 is 2.56 bits per heavy atom. The lowest BCUT2D eigenvalue weighted by Crippen LogP contribution is -2.30. The molecular formula is C29H41N3O4. The number of aromatic nitrogens is 2. The molecule has 2 aromatic rings. The Morgan fingerprint density at radius 2 is 1.97 bits per heavy atom. The molecule has 36 heavy (non-hydrogen) atoms. The minimum absolute atomic E-state index is 0.135. The van der Waals surface area contributed by atoms with E-state index < -0.39 is 12.0 Å². The van der Waals surface area contributed by atoms with Gasteiger partial charge in [0.25, 0.3) is 0 Å². The summed E-state index contributed by atoms with van der Waals surface area (Å²) in [7, 11) is 3.73. The Hall–Kier alpha value is -2.90. The number of aliphatic hydroxyl groups is 1. The van der Waals surface area contributed by atoms with Crippen LogP contribution in [-0.2, 0) is 20.7 Å². The van der Waals surface area contributed by atoms with Gasteiger partial charge in [0.05, 0.1) is 41.8 Å². The van der Waals surface area contributed by atoms with Crippen LogP contribution in [0.25, 0.3) is 16.6 Å². The first kappa shape index (κ1) is 27.7. The normalized spacial score (nSPS) is 16.7. The number of imidazole rings is 1. The molecule has 0 amide bonds. The smallest absolute Gasteiger partial charge is 0.311 e. The van der Waals surface area contributed by atoms with E-state index in [4.69, 9.17) is 14.5 Å². The molecule has 3 atom stereocenters. The SMILES string of the molecule is C=C1C(C)=CC(c2nc3cc(CC[C@H](C(=O)OC(C)C)[C@@H](C)O)ccc3n2C(CC)COC)=CN1C. The first-order valence-corrected chi connectivity index (χ1v) is 12.8. The summed E-state index contributed by atoms with van der Waals surface area (Å²) in [6.07, 6.45) is 5.27. The second-order valence-electron chi connectivity index (χ2n) is 9.99. The number of hydrogen-bond donors (Lipinski definition) is 1. The van der Waals surface area contributed by atoms with E-state index in [2.05, 4.69) is 55.5 Å². The number of methoxy groups -OCH3 is 1. The molecule has 0 aliphatic carbocycles. The van der Waals surface area contributed by atoms with Crippen molar-refractivity contribution in [2.24, 2.45) is 5.92 Å². The van der Waals surface area contributed by atoms with Crippen LogP contribution >= 0.6 is 0 Å². The topological polar surface area (TPSA) is 76.8 Å². The number of carbonyl (C=O) groups excluding carboxylic acids is 1. The average Bonchev–Trinajstić information content (AvgIpc) is 3.18. The van der Waals surface area contributed by atoms with Crippen molar-refractivity contribution in [2.45, 2.75) is 72.1 Å². The fourth-order valence-electron chi connectivity index (χ4n) is 4.68. The van der Waals surface area contributed by atoms with Gasteiger partial charge in [0.2, 0.25) is 0 Å². The number of fused-ring (bicyclic) bond motifs is 1. The highest BCUT2D eigenvalue weighted by Crippen LogP contribution is 2.33. The molecular weight excluding hydrogens is 454 g/mol. The molecule has 2 heterocycles. The molecule has 1 aliphatic rings. The van der Waals surface area contributed by atoms with Crippen LogP contribution < -0.4 is 0 Å². The minimum Gasteiger partial charge on any atom is -0.463 e. The molecule has 0 fully saturated rings. The van der Waals surface area contributed by atoms with Gasteiger partial charge in [-0.15, -0.1) is 0 Å². The Balaban J connectivity index is 1.99. The van der Waals surface area contributed by atoms with Crippen molar-refractivity contribution >= 4 is 22.6 Å². The summed E-state index contributed by atoms with van der Waals surface area (Å²) >= 11 is 0. The summed E-state index contributed by atoms with van der Waals surface area (Å²) in [6, 6.07) is 6.41. The minimum atomic E-state index is -0.773. The first-order chi connectivity index (χ1) is 17.1. The third-order valence-corrected chi connectivity index (χ3v) is 6.77. The van der Waals surface area contributed by atoms with Gasteiger partial charge in [-0.2, -0.15) is 0 Å². The molecule has 1 unspecified atom stereocenters. The summed E-state index contributed by atoms with van der Waals surface area (Å²) < 4.78 is 13.2. The van der Waals surface area contributed by atoms with Crippen LogP contribution in [-0.4, -0.2) is 58.5 Å². The summed E-state index contributed by atoms with van der Waals surface area (Å²) in [4.78, 5) is 19.6. The van der Waals surface area contributed by atoms with E-state index in [0.717, 1.165) is 45.7 Å². The highest BCUT2D eigenvalue weighted by Gasteiger charge is 2.26. The monoisotopic (exact) mass is 495 g/mol. The molecule has 196 valence electrons. The summed E-state index contributed by atoms with van der Waals surface area (Å²) in [5.74, 6) is -0.0197. The quantitative estimate of drug-likeness (QED) is 0.429.